The molecule has 6 nitrogen and oxygen atoms in total. The van der Waals surface area contributed by atoms with E-state index in [1.807, 2.05) is 78.9 Å². The summed E-state index contributed by atoms with van der Waals surface area (Å²) in [6, 6.07) is 70.1. The normalized spacial score (nSPS) is 11.1. The molecule has 2 heterocycles. The third-order valence-electron chi connectivity index (χ3n) is 10.2. The predicted octanol–water partition coefficient (Wildman–Crippen LogP) is 12.5. The van der Waals surface area contributed by atoms with Gasteiger partial charge in [-0.3, -0.25) is 0 Å². The van der Waals surface area contributed by atoms with Crippen LogP contribution in [-0.4, -0.2) is 29.9 Å². The van der Waals surface area contributed by atoms with E-state index >= 15 is 0 Å². The van der Waals surface area contributed by atoms with Crippen LogP contribution in [0.15, 0.2) is 206 Å². The summed E-state index contributed by atoms with van der Waals surface area (Å²) in [6.07, 6.45) is 0. The lowest BCUT2D eigenvalue weighted by Crippen LogP contribution is -2.01. The third-order valence-corrected chi connectivity index (χ3v) is 10.2. The van der Waals surface area contributed by atoms with Crippen molar-refractivity contribution in [2.75, 3.05) is 0 Å². The number of aromatic nitrogens is 6. The second-order valence-electron chi connectivity index (χ2n) is 14.0. The van der Waals surface area contributed by atoms with Gasteiger partial charge >= 0.3 is 0 Å². The third kappa shape index (κ3) is 7.02. The van der Waals surface area contributed by atoms with Gasteiger partial charge < -0.3 is 0 Å². The van der Waals surface area contributed by atoms with E-state index in [1.54, 1.807) is 0 Å². The zero-order valence-electron chi connectivity index (χ0n) is 31.3. The van der Waals surface area contributed by atoms with Crippen LogP contribution in [0.2, 0.25) is 0 Å². The van der Waals surface area contributed by atoms with Crippen molar-refractivity contribution in [2.45, 2.75) is 0 Å². The number of rotatable bonds is 8. The van der Waals surface area contributed by atoms with E-state index < -0.39 is 0 Å². The van der Waals surface area contributed by atoms with E-state index in [2.05, 4.69) is 127 Å². The molecule has 0 aliphatic heterocycles. The Bertz CT molecular complexity index is 3010. The summed E-state index contributed by atoms with van der Waals surface area (Å²) in [5, 5.41) is 2.02. The van der Waals surface area contributed by atoms with E-state index in [-0.39, 0.29) is 0 Å². The Labute approximate surface area is 336 Å². The van der Waals surface area contributed by atoms with Crippen LogP contribution >= 0.6 is 0 Å². The van der Waals surface area contributed by atoms with Crippen molar-refractivity contribution in [1.29, 1.82) is 0 Å². The molecule has 8 aromatic carbocycles. The molecule has 58 heavy (non-hydrogen) atoms. The fraction of sp³-hybridized carbons (Fsp3) is 0. The largest absolute Gasteiger partial charge is 0.208 e. The van der Waals surface area contributed by atoms with Crippen LogP contribution in [0.1, 0.15) is 0 Å². The highest BCUT2D eigenvalue weighted by Crippen LogP contribution is 2.34. The summed E-state index contributed by atoms with van der Waals surface area (Å²) in [4.78, 5) is 30.3. The first-order valence-corrected chi connectivity index (χ1v) is 19.2. The van der Waals surface area contributed by atoms with Crippen molar-refractivity contribution in [3.05, 3.63) is 206 Å². The fourth-order valence-corrected chi connectivity index (χ4v) is 7.18. The van der Waals surface area contributed by atoms with Gasteiger partial charge in [-0.15, -0.1) is 0 Å². The van der Waals surface area contributed by atoms with Crippen molar-refractivity contribution in [3.8, 4) is 90.6 Å². The molecule has 0 unspecified atom stereocenters. The average Bonchev–Trinajstić information content (AvgIpc) is 3.32. The minimum atomic E-state index is 0.576. The molecule has 272 valence electrons. The number of nitrogens with zero attached hydrogens (tertiary/aromatic N) is 6. The van der Waals surface area contributed by atoms with E-state index in [9.17, 15) is 0 Å². The molecule has 0 fully saturated rings. The number of hydrogen-bond donors (Lipinski definition) is 0. The molecule has 0 saturated heterocycles. The molecule has 6 heteroatoms. The summed E-state index contributed by atoms with van der Waals surface area (Å²) in [7, 11) is 0. The van der Waals surface area contributed by atoms with Gasteiger partial charge in [-0.05, 0) is 39.1 Å². The van der Waals surface area contributed by atoms with Gasteiger partial charge in [-0.2, -0.15) is 0 Å². The van der Waals surface area contributed by atoms with E-state index in [1.165, 1.54) is 0 Å². The van der Waals surface area contributed by atoms with Gasteiger partial charge in [-0.25, -0.2) is 29.9 Å². The molecule has 0 bridgehead atoms. The molecule has 0 spiro atoms. The molecule has 0 N–H and O–H groups in total. The molecule has 10 aromatic rings. The Kier molecular flexibility index (Phi) is 9.10. The van der Waals surface area contributed by atoms with Crippen molar-refractivity contribution < 1.29 is 0 Å². The standard InChI is InChI=1S/C52H34N6/c1-5-14-35(15-6-1)37-24-29-42(30-25-37)49-53-47(40-18-9-3-10-19-40)55-51(56-49)44-33-28-39-22-13-23-45(46(39)34-44)52-57-48(41-20-11-4-12-21-41)54-50(58-52)43-31-26-38(27-32-43)36-16-7-2-8-17-36/h1-34H. The van der Waals surface area contributed by atoms with Crippen LogP contribution in [0.4, 0.5) is 0 Å². The first kappa shape index (κ1) is 34.5. The zero-order chi connectivity index (χ0) is 38.7. The van der Waals surface area contributed by atoms with Crippen LogP contribution in [0.25, 0.3) is 101 Å². The zero-order valence-corrected chi connectivity index (χ0v) is 31.3. The van der Waals surface area contributed by atoms with Crippen molar-refractivity contribution in [1.82, 2.24) is 29.9 Å². The SMILES string of the molecule is c1ccc(-c2ccc(-c3nc(-c4ccccc4)nc(-c4ccc5cccc(-c6nc(-c7ccccc7)nc(-c7ccc(-c8ccccc8)cc7)n6)c5c4)n3)cc2)cc1. The highest BCUT2D eigenvalue weighted by atomic mass is 15.0. The summed E-state index contributed by atoms with van der Waals surface area (Å²) < 4.78 is 0. The molecule has 2 aromatic heterocycles. The lowest BCUT2D eigenvalue weighted by Gasteiger charge is -2.12. The quantitative estimate of drug-likeness (QED) is 0.154. The Morgan fingerprint density at radius 2 is 0.517 bits per heavy atom. The number of fused-ring (bicyclic) bond motifs is 1. The van der Waals surface area contributed by atoms with Crippen molar-refractivity contribution >= 4 is 10.8 Å². The molecule has 0 radical (unpaired) electrons. The van der Waals surface area contributed by atoms with Crippen LogP contribution in [0, 0.1) is 0 Å². The van der Waals surface area contributed by atoms with Crippen LogP contribution in [-0.2, 0) is 0 Å². The molecule has 10 rings (SSSR count). The highest BCUT2D eigenvalue weighted by molar-refractivity contribution is 5.97. The summed E-state index contributed by atoms with van der Waals surface area (Å²) >= 11 is 0. The summed E-state index contributed by atoms with van der Waals surface area (Å²) in [5.41, 5.74) is 9.96. The van der Waals surface area contributed by atoms with Crippen LogP contribution < -0.4 is 0 Å². The van der Waals surface area contributed by atoms with Gasteiger partial charge in [-0.1, -0.05) is 200 Å². The van der Waals surface area contributed by atoms with Gasteiger partial charge in [0.2, 0.25) is 0 Å². The topological polar surface area (TPSA) is 77.3 Å². The maximum Gasteiger partial charge on any atom is 0.164 e. The predicted molar refractivity (Wildman–Crippen MR) is 234 cm³/mol. The maximum absolute atomic E-state index is 5.13. The van der Waals surface area contributed by atoms with Gasteiger partial charge in [0.15, 0.2) is 34.9 Å². The van der Waals surface area contributed by atoms with Gasteiger partial charge in [0, 0.05) is 33.4 Å². The fourth-order valence-electron chi connectivity index (χ4n) is 7.18. The van der Waals surface area contributed by atoms with Crippen LogP contribution in [0.5, 0.6) is 0 Å². The lowest BCUT2D eigenvalue weighted by atomic mass is 10.0. The molecule has 0 aliphatic rings. The maximum atomic E-state index is 5.13. The van der Waals surface area contributed by atoms with Gasteiger partial charge in [0.1, 0.15) is 0 Å². The van der Waals surface area contributed by atoms with Gasteiger partial charge in [0.05, 0.1) is 0 Å². The Balaban J connectivity index is 1.09. The Morgan fingerprint density at radius 1 is 0.207 bits per heavy atom. The molecule has 0 atom stereocenters. The summed E-state index contributed by atoms with van der Waals surface area (Å²) in [5.74, 6) is 3.57. The average molecular weight is 743 g/mol. The first-order valence-electron chi connectivity index (χ1n) is 19.2. The second kappa shape index (κ2) is 15.3. The molecular weight excluding hydrogens is 709 g/mol. The minimum absolute atomic E-state index is 0.576. The van der Waals surface area contributed by atoms with Crippen molar-refractivity contribution in [2.24, 2.45) is 0 Å². The molecule has 0 amide bonds. The second-order valence-corrected chi connectivity index (χ2v) is 14.0. The Morgan fingerprint density at radius 3 is 0.948 bits per heavy atom. The molecule has 0 saturated carbocycles. The number of hydrogen-bond acceptors (Lipinski definition) is 6. The van der Waals surface area contributed by atoms with Gasteiger partial charge in [0.25, 0.3) is 0 Å². The smallest absolute Gasteiger partial charge is 0.164 e. The van der Waals surface area contributed by atoms with Crippen LogP contribution in [0.3, 0.4) is 0 Å². The lowest BCUT2D eigenvalue weighted by molar-refractivity contribution is 1.07. The first-order chi connectivity index (χ1) is 28.7. The molecular formula is C52H34N6. The van der Waals surface area contributed by atoms with Crippen molar-refractivity contribution in [3.63, 3.8) is 0 Å². The number of benzene rings is 8. The molecule has 0 aliphatic carbocycles. The minimum Gasteiger partial charge on any atom is -0.208 e. The monoisotopic (exact) mass is 742 g/mol. The van der Waals surface area contributed by atoms with E-state index in [0.717, 1.165) is 66.4 Å². The summed E-state index contributed by atoms with van der Waals surface area (Å²) in [6.45, 7) is 0. The van der Waals surface area contributed by atoms with E-state index in [4.69, 9.17) is 29.9 Å². The van der Waals surface area contributed by atoms with E-state index in [0.29, 0.717) is 34.9 Å². The highest BCUT2D eigenvalue weighted by Gasteiger charge is 2.17. The Hall–Kier alpha value is -7.96.